The molecule has 0 aliphatic rings. The molecular formula is C11H13ClIN3O2. The molecule has 98 valence electrons. The maximum absolute atomic E-state index is 12.0. The molecule has 7 heteroatoms. The Labute approximate surface area is 124 Å². The summed E-state index contributed by atoms with van der Waals surface area (Å²) < 4.78 is 0.863. The topological polar surface area (TPSA) is 87.7 Å². The highest BCUT2D eigenvalue weighted by molar-refractivity contribution is 14.1. The minimum absolute atomic E-state index is 0.0764. The summed E-state index contributed by atoms with van der Waals surface area (Å²) in [6.07, 6.45) is 0. The van der Waals surface area contributed by atoms with E-state index in [0.717, 1.165) is 3.57 Å². The van der Waals surface area contributed by atoms with Crippen molar-refractivity contribution in [2.45, 2.75) is 19.4 Å². The van der Waals surface area contributed by atoms with Crippen LogP contribution < -0.4 is 11.1 Å². The van der Waals surface area contributed by atoms with Gasteiger partial charge < -0.3 is 16.3 Å². The van der Waals surface area contributed by atoms with E-state index in [1.807, 2.05) is 0 Å². The molecule has 0 bridgehead atoms. The number of hydrogen-bond acceptors (Lipinski definition) is 3. The molecule has 0 aromatic heterocycles. The van der Waals surface area contributed by atoms with Gasteiger partial charge in [-0.1, -0.05) is 16.8 Å². The van der Waals surface area contributed by atoms with Gasteiger partial charge in [0.15, 0.2) is 5.84 Å². The molecule has 0 unspecified atom stereocenters. The van der Waals surface area contributed by atoms with Crippen LogP contribution in [0, 0.1) is 3.57 Å². The van der Waals surface area contributed by atoms with Crippen molar-refractivity contribution < 1.29 is 10.0 Å². The Hall–Kier alpha value is -1.02. The Bertz CT molecular complexity index is 503. The first-order valence-corrected chi connectivity index (χ1v) is 6.49. The number of nitrogens with zero attached hydrogens (tertiary/aromatic N) is 1. The molecule has 0 spiro atoms. The summed E-state index contributed by atoms with van der Waals surface area (Å²) in [5.74, 6) is -0.419. The van der Waals surface area contributed by atoms with Crippen molar-refractivity contribution in [3.05, 3.63) is 32.4 Å². The lowest BCUT2D eigenvalue weighted by Crippen LogP contribution is -2.53. The van der Waals surface area contributed by atoms with E-state index in [1.165, 1.54) is 0 Å². The Morgan fingerprint density at radius 2 is 2.17 bits per heavy atom. The number of rotatable bonds is 3. The van der Waals surface area contributed by atoms with Crippen LogP contribution in [0.2, 0.25) is 5.02 Å². The molecule has 0 saturated carbocycles. The van der Waals surface area contributed by atoms with Crippen LogP contribution in [0.25, 0.3) is 0 Å². The number of carbonyl (C=O) groups is 1. The lowest BCUT2D eigenvalue weighted by atomic mass is 10.0. The predicted octanol–water partition coefficient (Wildman–Crippen LogP) is 2.20. The first-order chi connectivity index (χ1) is 8.27. The van der Waals surface area contributed by atoms with Crippen LogP contribution in [-0.2, 0) is 0 Å². The molecule has 0 aliphatic carbocycles. The van der Waals surface area contributed by atoms with Gasteiger partial charge in [-0.15, -0.1) is 0 Å². The van der Waals surface area contributed by atoms with Gasteiger partial charge in [0.1, 0.15) is 0 Å². The third-order valence-corrected chi connectivity index (χ3v) is 3.93. The molecule has 0 heterocycles. The Balaban J connectivity index is 2.92. The number of oxime groups is 1. The zero-order valence-electron chi connectivity index (χ0n) is 9.87. The summed E-state index contributed by atoms with van der Waals surface area (Å²) in [7, 11) is 0. The largest absolute Gasteiger partial charge is 0.409 e. The number of hydrogen-bond donors (Lipinski definition) is 3. The first-order valence-electron chi connectivity index (χ1n) is 5.03. The minimum atomic E-state index is -0.943. The Morgan fingerprint density at radius 3 is 2.67 bits per heavy atom. The fourth-order valence-corrected chi connectivity index (χ4v) is 1.70. The maximum Gasteiger partial charge on any atom is 0.252 e. The summed E-state index contributed by atoms with van der Waals surface area (Å²) in [6, 6.07) is 4.97. The Morgan fingerprint density at radius 1 is 1.56 bits per heavy atom. The van der Waals surface area contributed by atoms with E-state index in [0.29, 0.717) is 10.6 Å². The fourth-order valence-electron chi connectivity index (χ4n) is 1.18. The molecule has 0 atom stereocenters. The van der Waals surface area contributed by atoms with Gasteiger partial charge in [0.2, 0.25) is 0 Å². The highest BCUT2D eigenvalue weighted by atomic mass is 127. The van der Waals surface area contributed by atoms with Gasteiger partial charge in [-0.05, 0) is 54.6 Å². The average Bonchev–Trinajstić information content (AvgIpc) is 2.30. The molecule has 0 saturated heterocycles. The minimum Gasteiger partial charge on any atom is -0.409 e. The number of nitrogens with one attached hydrogen (secondary N) is 1. The van der Waals surface area contributed by atoms with Crippen molar-refractivity contribution >= 4 is 45.9 Å². The highest BCUT2D eigenvalue weighted by Gasteiger charge is 2.26. The van der Waals surface area contributed by atoms with Gasteiger partial charge in [-0.2, -0.15) is 0 Å². The van der Waals surface area contributed by atoms with Crippen molar-refractivity contribution in [3.63, 3.8) is 0 Å². The lowest BCUT2D eigenvalue weighted by molar-refractivity contribution is 0.0931. The van der Waals surface area contributed by atoms with E-state index in [9.17, 15) is 4.79 Å². The second-order valence-corrected chi connectivity index (χ2v) is 5.76. The normalized spacial score (nSPS) is 12.3. The molecule has 0 fully saturated rings. The Kier molecular flexibility index (Phi) is 4.80. The summed E-state index contributed by atoms with van der Waals surface area (Å²) in [5, 5.41) is 14.7. The van der Waals surface area contributed by atoms with Crippen molar-refractivity contribution in [1.29, 1.82) is 0 Å². The average molecular weight is 382 g/mol. The van der Waals surface area contributed by atoms with E-state index >= 15 is 0 Å². The van der Waals surface area contributed by atoms with Gasteiger partial charge in [-0.3, -0.25) is 4.79 Å². The van der Waals surface area contributed by atoms with Gasteiger partial charge in [-0.25, -0.2) is 0 Å². The highest BCUT2D eigenvalue weighted by Crippen LogP contribution is 2.20. The van der Waals surface area contributed by atoms with Gasteiger partial charge in [0, 0.05) is 9.13 Å². The smallest absolute Gasteiger partial charge is 0.252 e. The van der Waals surface area contributed by atoms with Gasteiger partial charge in [0.05, 0.1) is 10.6 Å². The zero-order chi connectivity index (χ0) is 13.9. The molecule has 18 heavy (non-hydrogen) atoms. The molecule has 0 aliphatic heterocycles. The number of nitrogens with two attached hydrogens (primary N) is 1. The second-order valence-electron chi connectivity index (χ2n) is 4.19. The number of benzene rings is 1. The van der Waals surface area contributed by atoms with Crippen LogP contribution in [-0.4, -0.2) is 22.5 Å². The van der Waals surface area contributed by atoms with E-state index in [4.69, 9.17) is 22.5 Å². The molecule has 1 aromatic carbocycles. The van der Waals surface area contributed by atoms with Crippen LogP contribution in [0.15, 0.2) is 23.4 Å². The van der Waals surface area contributed by atoms with Gasteiger partial charge >= 0.3 is 0 Å². The molecule has 0 radical (unpaired) electrons. The predicted molar refractivity (Wildman–Crippen MR) is 79.1 cm³/mol. The lowest BCUT2D eigenvalue weighted by Gasteiger charge is -2.24. The van der Waals surface area contributed by atoms with Crippen molar-refractivity contribution in [3.8, 4) is 0 Å². The summed E-state index contributed by atoms with van der Waals surface area (Å²) in [6.45, 7) is 3.27. The third-order valence-electron chi connectivity index (χ3n) is 2.36. The van der Waals surface area contributed by atoms with Crippen LogP contribution in [0.3, 0.4) is 0 Å². The fraction of sp³-hybridized carbons (Fsp3) is 0.273. The van der Waals surface area contributed by atoms with E-state index < -0.39 is 5.54 Å². The van der Waals surface area contributed by atoms with E-state index in [2.05, 4.69) is 33.1 Å². The number of halogens is 2. The first kappa shape index (κ1) is 15.0. The summed E-state index contributed by atoms with van der Waals surface area (Å²) >= 11 is 8.02. The maximum atomic E-state index is 12.0. The zero-order valence-corrected chi connectivity index (χ0v) is 12.8. The molecular weight excluding hydrogens is 368 g/mol. The summed E-state index contributed by atoms with van der Waals surface area (Å²) in [5.41, 5.74) is 4.96. The summed E-state index contributed by atoms with van der Waals surface area (Å²) in [4.78, 5) is 12.0. The van der Waals surface area contributed by atoms with Crippen LogP contribution >= 0.6 is 34.2 Å². The number of amidine groups is 1. The number of carbonyl (C=O) groups excluding carboxylic acids is 1. The van der Waals surface area contributed by atoms with Crippen molar-refractivity contribution in [1.82, 2.24) is 5.32 Å². The molecule has 5 nitrogen and oxygen atoms in total. The molecule has 1 rings (SSSR count). The standard InChI is InChI=1S/C11H13ClIN3O2/c1-11(2,10(14)16-18)15-9(17)6-3-4-8(13)7(12)5-6/h3-5,18H,1-2H3,(H2,14,16)(H,15,17). The van der Waals surface area contributed by atoms with Crippen LogP contribution in [0.1, 0.15) is 24.2 Å². The molecule has 4 N–H and O–H groups in total. The quantitative estimate of drug-likeness (QED) is 0.247. The van der Waals surface area contributed by atoms with Crippen LogP contribution in [0.4, 0.5) is 0 Å². The number of amides is 1. The van der Waals surface area contributed by atoms with Crippen LogP contribution in [0.5, 0.6) is 0 Å². The van der Waals surface area contributed by atoms with E-state index in [-0.39, 0.29) is 11.7 Å². The second kappa shape index (κ2) is 5.75. The third kappa shape index (κ3) is 3.49. The van der Waals surface area contributed by atoms with E-state index in [1.54, 1.807) is 32.0 Å². The van der Waals surface area contributed by atoms with Gasteiger partial charge in [0.25, 0.3) is 5.91 Å². The SMILES string of the molecule is CC(C)(NC(=O)c1ccc(I)c(Cl)c1)/C(N)=N/O. The van der Waals surface area contributed by atoms with Crippen molar-refractivity contribution in [2.75, 3.05) is 0 Å². The molecule has 1 amide bonds. The monoisotopic (exact) mass is 381 g/mol. The molecule has 1 aromatic rings. The van der Waals surface area contributed by atoms with Crippen molar-refractivity contribution in [2.24, 2.45) is 10.9 Å².